The minimum atomic E-state index is -1.50. The first-order valence-electron chi connectivity index (χ1n) is 15.2. The number of benzene rings is 2. The molecular weight excluding hydrogens is 529 g/mol. The normalized spacial score (nSPS) is 15.7. The van der Waals surface area contributed by atoms with E-state index in [1.807, 2.05) is 64.1 Å². The van der Waals surface area contributed by atoms with E-state index in [4.69, 9.17) is 11.5 Å². The van der Waals surface area contributed by atoms with Crippen molar-refractivity contribution >= 4 is 11.8 Å². The van der Waals surface area contributed by atoms with Crippen molar-refractivity contribution in [3.8, 4) is 11.1 Å². The highest BCUT2D eigenvalue weighted by Gasteiger charge is 2.48. The van der Waals surface area contributed by atoms with Gasteiger partial charge in [-0.25, -0.2) is 4.39 Å². The summed E-state index contributed by atoms with van der Waals surface area (Å²) >= 11 is 0. The summed E-state index contributed by atoms with van der Waals surface area (Å²) in [6.07, 6.45) is 6.37. The molecule has 1 fully saturated rings. The van der Waals surface area contributed by atoms with Crippen LogP contribution in [0.5, 0.6) is 0 Å². The standard InChI is InChI=1S/C30H38FN5O2.2C2H6/c1-29(2,31)20-34-28(38)30(25-11-5-3-9-23(25)24-10-4-6-12-26(24)30)14-7-8-16-36-18-22(19-36)35-27(37)21(17-33)13-15-32;2*1-2/h3-6,9-13,15,17,22H,7-8,14,16,18-20,32-33H2,1-2H3,(H,34,38)(H,35,37);2*1-2H3/b15-13-,21-17+;;. The predicted molar refractivity (Wildman–Crippen MR) is 171 cm³/mol. The Hall–Kier alpha value is -3.65. The first-order chi connectivity index (χ1) is 20.2. The van der Waals surface area contributed by atoms with Gasteiger partial charge in [-0.1, -0.05) is 82.6 Å². The van der Waals surface area contributed by atoms with E-state index >= 15 is 0 Å². The molecule has 0 radical (unpaired) electrons. The molecule has 0 bridgehead atoms. The summed E-state index contributed by atoms with van der Waals surface area (Å²) in [4.78, 5) is 28.4. The van der Waals surface area contributed by atoms with Gasteiger partial charge in [0.1, 0.15) is 11.1 Å². The SMILES string of the molecule is CC.CC.CC(C)(F)CNC(=O)C1(CCCCN2CC(NC(=O)C(/C=C\N)=C/N)C2)c2ccccc2-c2ccccc21. The number of amides is 2. The van der Waals surface area contributed by atoms with Crippen LogP contribution < -0.4 is 22.1 Å². The van der Waals surface area contributed by atoms with Crippen LogP contribution >= 0.6 is 0 Å². The third-order valence-corrected chi connectivity index (χ3v) is 7.41. The van der Waals surface area contributed by atoms with Crippen LogP contribution in [0.2, 0.25) is 0 Å². The monoisotopic (exact) mass is 579 g/mol. The van der Waals surface area contributed by atoms with Crippen LogP contribution in [-0.4, -0.2) is 54.6 Å². The van der Waals surface area contributed by atoms with Gasteiger partial charge in [-0.15, -0.1) is 0 Å². The number of hydrogen-bond acceptors (Lipinski definition) is 5. The van der Waals surface area contributed by atoms with Crippen molar-refractivity contribution in [1.29, 1.82) is 0 Å². The van der Waals surface area contributed by atoms with Crippen molar-refractivity contribution < 1.29 is 14.0 Å². The smallest absolute Gasteiger partial charge is 0.253 e. The van der Waals surface area contributed by atoms with Crippen molar-refractivity contribution in [2.45, 2.75) is 77.9 Å². The summed E-state index contributed by atoms with van der Waals surface area (Å²) in [5.74, 6) is -0.385. The molecule has 0 spiro atoms. The third-order valence-electron chi connectivity index (χ3n) is 7.41. The Labute approximate surface area is 251 Å². The molecule has 230 valence electrons. The molecule has 2 amide bonds. The highest BCUT2D eigenvalue weighted by atomic mass is 19.1. The van der Waals surface area contributed by atoms with Gasteiger partial charge in [0.25, 0.3) is 5.91 Å². The number of rotatable bonds is 11. The molecule has 0 saturated carbocycles. The maximum absolute atomic E-state index is 14.3. The van der Waals surface area contributed by atoms with Gasteiger partial charge in [-0.2, -0.15) is 0 Å². The molecule has 7 nitrogen and oxygen atoms in total. The van der Waals surface area contributed by atoms with Gasteiger partial charge in [-0.05, 0) is 67.8 Å². The summed E-state index contributed by atoms with van der Waals surface area (Å²) in [6, 6.07) is 16.2. The summed E-state index contributed by atoms with van der Waals surface area (Å²) in [5.41, 5.74) is 12.9. The van der Waals surface area contributed by atoms with Crippen LogP contribution in [0.4, 0.5) is 4.39 Å². The second-order valence-corrected chi connectivity index (χ2v) is 10.8. The van der Waals surface area contributed by atoms with Gasteiger partial charge in [0.05, 0.1) is 18.2 Å². The molecule has 4 rings (SSSR count). The number of nitrogens with zero attached hydrogens (tertiary/aromatic N) is 1. The Kier molecular flexibility index (Phi) is 13.3. The van der Waals surface area contributed by atoms with E-state index in [0.29, 0.717) is 12.0 Å². The van der Waals surface area contributed by atoms with E-state index < -0.39 is 11.1 Å². The Morgan fingerprint density at radius 1 is 0.976 bits per heavy atom. The van der Waals surface area contributed by atoms with Crippen LogP contribution in [0.3, 0.4) is 0 Å². The molecule has 42 heavy (non-hydrogen) atoms. The zero-order valence-corrected chi connectivity index (χ0v) is 26.2. The summed E-state index contributed by atoms with van der Waals surface area (Å²) in [6.45, 7) is 13.3. The van der Waals surface area contributed by atoms with E-state index in [2.05, 4.69) is 27.7 Å². The minimum Gasteiger partial charge on any atom is -0.405 e. The van der Waals surface area contributed by atoms with Gasteiger partial charge in [0, 0.05) is 19.3 Å². The van der Waals surface area contributed by atoms with E-state index in [1.54, 1.807) is 0 Å². The van der Waals surface area contributed by atoms with Crippen LogP contribution in [0, 0.1) is 0 Å². The molecule has 8 heteroatoms. The van der Waals surface area contributed by atoms with E-state index in [9.17, 15) is 14.0 Å². The molecule has 0 unspecified atom stereocenters. The first kappa shape index (κ1) is 34.6. The molecule has 1 aliphatic heterocycles. The molecule has 1 heterocycles. The lowest BCUT2D eigenvalue weighted by atomic mass is 9.73. The van der Waals surface area contributed by atoms with E-state index in [-0.39, 0.29) is 24.4 Å². The number of nitrogens with two attached hydrogens (primary N) is 2. The Bertz CT molecular complexity index is 1180. The number of halogens is 1. The average Bonchev–Trinajstić information content (AvgIpc) is 3.27. The lowest BCUT2D eigenvalue weighted by Gasteiger charge is -2.40. The topological polar surface area (TPSA) is 113 Å². The highest BCUT2D eigenvalue weighted by Crippen LogP contribution is 2.51. The number of unbranched alkanes of at least 4 members (excludes halogenated alkanes) is 1. The second kappa shape index (κ2) is 16.1. The number of carbonyl (C=O) groups excluding carboxylic acids is 2. The number of nitrogens with one attached hydrogen (secondary N) is 2. The van der Waals surface area contributed by atoms with Crippen molar-refractivity contribution in [2.24, 2.45) is 11.5 Å². The van der Waals surface area contributed by atoms with Crippen molar-refractivity contribution in [3.63, 3.8) is 0 Å². The number of alkyl halides is 1. The van der Waals surface area contributed by atoms with Crippen molar-refractivity contribution in [1.82, 2.24) is 15.5 Å². The van der Waals surface area contributed by atoms with Gasteiger partial charge in [0.15, 0.2) is 0 Å². The van der Waals surface area contributed by atoms with Gasteiger partial charge < -0.3 is 22.1 Å². The molecule has 1 saturated heterocycles. The molecule has 6 N–H and O–H groups in total. The fraction of sp³-hybridized carbons (Fsp3) is 0.471. The lowest BCUT2D eigenvalue weighted by Crippen LogP contribution is -2.59. The zero-order valence-electron chi connectivity index (χ0n) is 26.2. The maximum atomic E-state index is 14.3. The van der Waals surface area contributed by atoms with E-state index in [0.717, 1.165) is 54.7 Å². The predicted octanol–water partition coefficient (Wildman–Crippen LogP) is 5.16. The van der Waals surface area contributed by atoms with Crippen LogP contribution in [-0.2, 0) is 15.0 Å². The van der Waals surface area contributed by atoms with Crippen molar-refractivity contribution in [2.75, 3.05) is 26.2 Å². The highest BCUT2D eigenvalue weighted by molar-refractivity contribution is 6.00. The molecule has 2 aliphatic rings. The van der Waals surface area contributed by atoms with Crippen LogP contribution in [0.15, 0.2) is 72.6 Å². The van der Waals surface area contributed by atoms with E-state index in [1.165, 1.54) is 32.3 Å². The Morgan fingerprint density at radius 3 is 2.02 bits per heavy atom. The molecule has 1 aliphatic carbocycles. The first-order valence-corrected chi connectivity index (χ1v) is 15.2. The largest absolute Gasteiger partial charge is 0.405 e. The van der Waals surface area contributed by atoms with Gasteiger partial charge >= 0.3 is 0 Å². The average molecular weight is 580 g/mol. The fourth-order valence-electron chi connectivity index (χ4n) is 5.54. The zero-order chi connectivity index (χ0) is 31.3. The summed E-state index contributed by atoms with van der Waals surface area (Å²) in [5, 5.41) is 5.88. The fourth-order valence-corrected chi connectivity index (χ4v) is 5.54. The molecule has 2 aromatic rings. The Morgan fingerprint density at radius 2 is 1.52 bits per heavy atom. The second-order valence-electron chi connectivity index (χ2n) is 10.8. The van der Waals surface area contributed by atoms with Crippen molar-refractivity contribution in [3.05, 3.63) is 83.7 Å². The number of hydrogen-bond donors (Lipinski definition) is 4. The quantitative estimate of drug-likeness (QED) is 0.167. The minimum absolute atomic E-state index is 0.0407. The number of likely N-dealkylation sites (tertiary alicyclic amines) is 1. The molecular formula is C34H50FN5O2. The number of carbonyl (C=O) groups is 2. The number of fused-ring (bicyclic) bond motifs is 3. The van der Waals surface area contributed by atoms with Crippen LogP contribution in [0.25, 0.3) is 11.1 Å². The molecule has 2 aromatic carbocycles. The lowest BCUT2D eigenvalue weighted by molar-refractivity contribution is -0.126. The third kappa shape index (κ3) is 8.00. The summed E-state index contributed by atoms with van der Waals surface area (Å²) in [7, 11) is 0. The molecule has 0 aromatic heterocycles. The summed E-state index contributed by atoms with van der Waals surface area (Å²) < 4.78 is 14.3. The van der Waals surface area contributed by atoms with Gasteiger partial charge in [-0.3, -0.25) is 14.5 Å². The van der Waals surface area contributed by atoms with Gasteiger partial charge in [0.2, 0.25) is 5.91 Å². The van der Waals surface area contributed by atoms with Crippen LogP contribution in [0.1, 0.15) is 71.9 Å². The Balaban J connectivity index is 0.00000148. The maximum Gasteiger partial charge on any atom is 0.253 e. The molecule has 0 atom stereocenters.